The molecule has 0 amide bonds. The Bertz CT molecular complexity index is 515. The maximum Gasteiger partial charge on any atom is 0.221 e. The molecule has 1 N–H and O–H groups in total. The lowest BCUT2D eigenvalue weighted by Crippen LogP contribution is -1.96. The van der Waals surface area contributed by atoms with Crippen molar-refractivity contribution in [1.82, 2.24) is 9.78 Å². The van der Waals surface area contributed by atoms with E-state index in [9.17, 15) is 5.11 Å². The Kier molecular flexibility index (Phi) is 3.04. The number of aromatic hydroxyl groups is 1. The fourth-order valence-corrected chi connectivity index (χ4v) is 1.84. The lowest BCUT2D eigenvalue weighted by Gasteiger charge is -2.07. The maximum absolute atomic E-state index is 9.21. The van der Waals surface area contributed by atoms with Gasteiger partial charge in [-0.1, -0.05) is 6.92 Å². The number of ether oxygens (including phenoxy) is 1. The third kappa shape index (κ3) is 2.25. The molecule has 0 fully saturated rings. The Morgan fingerprint density at radius 3 is 2.53 bits per heavy atom. The molecule has 0 aliphatic rings. The van der Waals surface area contributed by atoms with Crippen LogP contribution < -0.4 is 4.74 Å². The van der Waals surface area contributed by atoms with Gasteiger partial charge in [0.05, 0.1) is 5.69 Å². The van der Waals surface area contributed by atoms with E-state index in [1.165, 1.54) is 0 Å². The van der Waals surface area contributed by atoms with Crippen LogP contribution in [0.4, 0.5) is 0 Å². The van der Waals surface area contributed by atoms with E-state index in [4.69, 9.17) is 4.74 Å². The molecular formula is C13H16N2O2. The topological polar surface area (TPSA) is 47.3 Å². The molecule has 0 saturated heterocycles. The molecule has 90 valence electrons. The van der Waals surface area contributed by atoms with E-state index >= 15 is 0 Å². The number of hydrogen-bond acceptors (Lipinski definition) is 3. The fraction of sp³-hybridized carbons (Fsp3) is 0.308. The lowest BCUT2D eigenvalue weighted by atomic mass is 10.2. The van der Waals surface area contributed by atoms with Crippen LogP contribution in [0.1, 0.15) is 18.2 Å². The van der Waals surface area contributed by atoms with Gasteiger partial charge < -0.3 is 9.84 Å². The molecule has 2 aromatic rings. The number of aromatic nitrogens is 2. The molecule has 0 aliphatic carbocycles. The van der Waals surface area contributed by atoms with E-state index in [1.807, 2.05) is 14.0 Å². The van der Waals surface area contributed by atoms with Crippen LogP contribution in [-0.2, 0) is 13.5 Å². The summed E-state index contributed by atoms with van der Waals surface area (Å²) in [5.74, 6) is 1.69. The Morgan fingerprint density at radius 2 is 1.94 bits per heavy atom. The van der Waals surface area contributed by atoms with Gasteiger partial charge in [0.25, 0.3) is 0 Å². The van der Waals surface area contributed by atoms with Crippen molar-refractivity contribution in [2.75, 3.05) is 0 Å². The van der Waals surface area contributed by atoms with E-state index in [2.05, 4.69) is 12.0 Å². The second-order valence-corrected chi connectivity index (χ2v) is 3.94. The third-order valence-corrected chi connectivity index (χ3v) is 2.69. The molecule has 4 heteroatoms. The number of benzene rings is 1. The van der Waals surface area contributed by atoms with Crippen molar-refractivity contribution >= 4 is 0 Å². The Balaban J connectivity index is 2.32. The Labute approximate surface area is 100 Å². The summed E-state index contributed by atoms with van der Waals surface area (Å²) in [6.07, 6.45) is 0.882. The standard InChI is InChI=1S/C13H16N2O2/c1-4-12-9(2)14-15(3)13(12)17-11-7-5-10(16)6-8-11/h5-8,16H,4H2,1-3H3. The number of phenolic OH excluding ortho intramolecular Hbond substituents is 1. The second-order valence-electron chi connectivity index (χ2n) is 3.94. The summed E-state index contributed by atoms with van der Waals surface area (Å²) in [7, 11) is 1.86. The summed E-state index contributed by atoms with van der Waals surface area (Å²) in [5.41, 5.74) is 2.10. The number of nitrogens with zero attached hydrogens (tertiary/aromatic N) is 2. The van der Waals surface area contributed by atoms with Crippen LogP contribution in [0, 0.1) is 6.92 Å². The highest BCUT2D eigenvalue weighted by atomic mass is 16.5. The molecule has 1 aromatic heterocycles. The summed E-state index contributed by atoms with van der Waals surface area (Å²) in [6, 6.07) is 6.67. The van der Waals surface area contributed by atoms with Gasteiger partial charge in [-0.05, 0) is 37.6 Å². The summed E-state index contributed by atoms with van der Waals surface area (Å²) < 4.78 is 7.53. The molecule has 1 heterocycles. The first-order valence-electron chi connectivity index (χ1n) is 5.61. The fourth-order valence-electron chi connectivity index (χ4n) is 1.84. The monoisotopic (exact) mass is 232 g/mol. The SMILES string of the molecule is CCc1c(C)nn(C)c1Oc1ccc(O)cc1. The van der Waals surface area contributed by atoms with Crippen LogP contribution in [0.5, 0.6) is 17.4 Å². The van der Waals surface area contributed by atoms with Gasteiger partial charge in [-0.25, -0.2) is 4.68 Å². The quantitative estimate of drug-likeness (QED) is 0.885. The van der Waals surface area contributed by atoms with Gasteiger partial charge in [0.15, 0.2) is 0 Å². The molecular weight excluding hydrogens is 216 g/mol. The molecule has 0 saturated carbocycles. The first kappa shape index (κ1) is 11.5. The minimum absolute atomic E-state index is 0.231. The van der Waals surface area contributed by atoms with E-state index in [-0.39, 0.29) is 5.75 Å². The van der Waals surface area contributed by atoms with Crippen molar-refractivity contribution in [2.45, 2.75) is 20.3 Å². The highest BCUT2D eigenvalue weighted by molar-refractivity contribution is 5.37. The van der Waals surface area contributed by atoms with Crippen LogP contribution in [0.25, 0.3) is 0 Å². The molecule has 1 aromatic carbocycles. The van der Waals surface area contributed by atoms with E-state index in [1.54, 1.807) is 28.9 Å². The van der Waals surface area contributed by atoms with Crippen LogP contribution >= 0.6 is 0 Å². The zero-order valence-corrected chi connectivity index (χ0v) is 10.3. The average molecular weight is 232 g/mol. The van der Waals surface area contributed by atoms with Crippen molar-refractivity contribution in [3.63, 3.8) is 0 Å². The van der Waals surface area contributed by atoms with Gasteiger partial charge in [-0.3, -0.25) is 0 Å². The highest BCUT2D eigenvalue weighted by Gasteiger charge is 2.13. The maximum atomic E-state index is 9.21. The highest BCUT2D eigenvalue weighted by Crippen LogP contribution is 2.28. The van der Waals surface area contributed by atoms with Gasteiger partial charge in [0, 0.05) is 12.6 Å². The van der Waals surface area contributed by atoms with E-state index in [0.29, 0.717) is 5.75 Å². The molecule has 0 spiro atoms. The zero-order valence-electron chi connectivity index (χ0n) is 10.3. The molecule has 0 atom stereocenters. The first-order valence-corrected chi connectivity index (χ1v) is 5.61. The summed E-state index contributed by atoms with van der Waals surface area (Å²) in [6.45, 7) is 4.05. The van der Waals surface area contributed by atoms with Crippen molar-refractivity contribution in [3.8, 4) is 17.4 Å². The summed E-state index contributed by atoms with van der Waals surface area (Å²) in [4.78, 5) is 0. The number of hydrogen-bond donors (Lipinski definition) is 1. The average Bonchev–Trinajstić information content (AvgIpc) is 2.57. The van der Waals surface area contributed by atoms with Gasteiger partial charge in [-0.2, -0.15) is 5.10 Å². The van der Waals surface area contributed by atoms with Gasteiger partial charge in [0.1, 0.15) is 11.5 Å². The number of rotatable bonds is 3. The molecule has 17 heavy (non-hydrogen) atoms. The lowest BCUT2D eigenvalue weighted by molar-refractivity contribution is 0.423. The predicted octanol–water partition coefficient (Wildman–Crippen LogP) is 2.79. The predicted molar refractivity (Wildman–Crippen MR) is 65.5 cm³/mol. The van der Waals surface area contributed by atoms with E-state index in [0.717, 1.165) is 23.6 Å². The normalized spacial score (nSPS) is 10.5. The van der Waals surface area contributed by atoms with E-state index < -0.39 is 0 Å². The van der Waals surface area contributed by atoms with Crippen molar-refractivity contribution in [1.29, 1.82) is 0 Å². The second kappa shape index (κ2) is 4.49. The van der Waals surface area contributed by atoms with Crippen molar-refractivity contribution in [3.05, 3.63) is 35.5 Å². The smallest absolute Gasteiger partial charge is 0.221 e. The molecule has 0 bridgehead atoms. The van der Waals surface area contributed by atoms with Crippen LogP contribution in [0.2, 0.25) is 0 Å². The zero-order chi connectivity index (χ0) is 12.4. The third-order valence-electron chi connectivity index (χ3n) is 2.69. The number of aryl methyl sites for hydroxylation is 2. The molecule has 0 aliphatic heterocycles. The molecule has 4 nitrogen and oxygen atoms in total. The molecule has 0 unspecified atom stereocenters. The van der Waals surface area contributed by atoms with Crippen molar-refractivity contribution < 1.29 is 9.84 Å². The van der Waals surface area contributed by atoms with Crippen LogP contribution in [0.3, 0.4) is 0 Å². The van der Waals surface area contributed by atoms with Gasteiger partial charge in [-0.15, -0.1) is 0 Å². The van der Waals surface area contributed by atoms with Crippen LogP contribution in [-0.4, -0.2) is 14.9 Å². The van der Waals surface area contributed by atoms with Crippen molar-refractivity contribution in [2.24, 2.45) is 7.05 Å². The van der Waals surface area contributed by atoms with Gasteiger partial charge in [0.2, 0.25) is 5.88 Å². The summed E-state index contributed by atoms with van der Waals surface area (Å²) >= 11 is 0. The van der Waals surface area contributed by atoms with Gasteiger partial charge >= 0.3 is 0 Å². The summed E-state index contributed by atoms with van der Waals surface area (Å²) in [5, 5.41) is 13.5. The molecule has 0 radical (unpaired) electrons. The Hall–Kier alpha value is -1.97. The Morgan fingerprint density at radius 1 is 1.29 bits per heavy atom. The molecule has 2 rings (SSSR count). The van der Waals surface area contributed by atoms with Crippen LogP contribution in [0.15, 0.2) is 24.3 Å². The minimum atomic E-state index is 0.231. The first-order chi connectivity index (χ1) is 8.11. The largest absolute Gasteiger partial charge is 0.508 e. The number of phenols is 1. The minimum Gasteiger partial charge on any atom is -0.508 e.